The Kier molecular flexibility index (Phi) is 7.61. The van der Waals surface area contributed by atoms with Gasteiger partial charge in [-0.15, -0.1) is 0 Å². The van der Waals surface area contributed by atoms with Gasteiger partial charge >= 0.3 is 6.03 Å². The topological polar surface area (TPSA) is 99.8 Å². The quantitative estimate of drug-likeness (QED) is 0.607. The molecule has 0 atom stereocenters. The van der Waals surface area contributed by atoms with E-state index in [1.54, 1.807) is 11.1 Å². The number of anilines is 2. The Morgan fingerprint density at radius 3 is 2.17 bits per heavy atom. The lowest BCUT2D eigenvalue weighted by Crippen LogP contribution is -2.51. The number of benzene rings is 1. The number of carbonyl (C=O) groups is 1. The van der Waals surface area contributed by atoms with Gasteiger partial charge in [-0.3, -0.25) is 9.80 Å². The van der Waals surface area contributed by atoms with Gasteiger partial charge in [0.1, 0.15) is 5.82 Å². The molecule has 8 nitrogen and oxygen atoms in total. The number of carbonyl (C=O) groups excluding carboxylic acids is 1. The van der Waals surface area contributed by atoms with E-state index in [1.807, 2.05) is 17.0 Å². The lowest BCUT2D eigenvalue weighted by molar-refractivity contribution is 0.0361. The minimum absolute atomic E-state index is 0.0113. The zero-order chi connectivity index (χ0) is 26.0. The number of urea groups is 1. The molecule has 36 heavy (non-hydrogen) atoms. The van der Waals surface area contributed by atoms with Gasteiger partial charge in [-0.2, -0.15) is 0 Å². The molecule has 0 spiro atoms. The van der Waals surface area contributed by atoms with Crippen molar-refractivity contribution in [2.45, 2.75) is 44.6 Å². The fourth-order valence-electron chi connectivity index (χ4n) is 5.86. The van der Waals surface area contributed by atoms with Crippen molar-refractivity contribution in [3.63, 3.8) is 0 Å². The molecular weight excluding hydrogens is 474 g/mol. The summed E-state index contributed by atoms with van der Waals surface area (Å²) in [7, 11) is 1.36. The summed E-state index contributed by atoms with van der Waals surface area (Å²) < 4.78 is 23.5. The SMILES string of the molecule is CC[C@]1(CN(C(N)=O)c2ccc(N3CCS(=O)(=O)CC3)nc2)CC[C@](c2ccccc2)(N(C)C)CC1. The molecule has 2 fully saturated rings. The summed E-state index contributed by atoms with van der Waals surface area (Å²) in [4.78, 5) is 23.1. The molecule has 1 aliphatic heterocycles. The molecule has 1 saturated carbocycles. The molecule has 1 aromatic heterocycles. The van der Waals surface area contributed by atoms with Crippen molar-refractivity contribution in [1.82, 2.24) is 9.88 Å². The fraction of sp³-hybridized carbons (Fsp3) is 0.556. The van der Waals surface area contributed by atoms with Crippen LogP contribution in [0.15, 0.2) is 48.7 Å². The van der Waals surface area contributed by atoms with Crippen LogP contribution < -0.4 is 15.5 Å². The first-order valence-electron chi connectivity index (χ1n) is 12.8. The van der Waals surface area contributed by atoms with Crippen LogP contribution in [0.1, 0.15) is 44.6 Å². The summed E-state index contributed by atoms with van der Waals surface area (Å²) in [6.45, 7) is 3.63. The molecule has 196 valence electrons. The molecule has 2 N–H and O–H groups in total. The highest BCUT2D eigenvalue weighted by molar-refractivity contribution is 7.91. The van der Waals surface area contributed by atoms with Gasteiger partial charge in [-0.05, 0) is 69.3 Å². The molecule has 0 unspecified atom stereocenters. The van der Waals surface area contributed by atoms with Gasteiger partial charge in [-0.1, -0.05) is 37.3 Å². The van der Waals surface area contributed by atoms with Crippen LogP contribution in [0.25, 0.3) is 0 Å². The largest absolute Gasteiger partial charge is 0.355 e. The number of nitrogens with two attached hydrogens (primary N) is 1. The lowest BCUT2D eigenvalue weighted by atomic mass is 9.63. The third kappa shape index (κ3) is 5.37. The Morgan fingerprint density at radius 2 is 1.67 bits per heavy atom. The minimum Gasteiger partial charge on any atom is -0.355 e. The standard InChI is InChI=1S/C27H39N5O3S/c1-4-26(12-14-27(15-13-26,30(2)3)22-8-6-5-7-9-22)21-32(25(28)33)23-10-11-24(29-20-23)31-16-18-36(34,35)19-17-31/h5-11,20H,4,12-19,21H2,1-3H3,(H2,28,33)/t26-,27-. The molecule has 1 saturated heterocycles. The number of rotatable bonds is 7. The first kappa shape index (κ1) is 26.4. The zero-order valence-electron chi connectivity index (χ0n) is 21.7. The van der Waals surface area contributed by atoms with E-state index in [0.717, 1.165) is 37.9 Å². The fourth-order valence-corrected chi connectivity index (χ4v) is 7.06. The van der Waals surface area contributed by atoms with Crippen molar-refractivity contribution in [1.29, 1.82) is 0 Å². The normalized spacial score (nSPS) is 26.1. The van der Waals surface area contributed by atoms with Crippen molar-refractivity contribution < 1.29 is 13.2 Å². The van der Waals surface area contributed by atoms with Crippen molar-refractivity contribution >= 4 is 27.4 Å². The number of hydrogen-bond donors (Lipinski definition) is 1. The molecule has 2 aromatic rings. The number of aromatic nitrogens is 1. The first-order chi connectivity index (χ1) is 17.1. The van der Waals surface area contributed by atoms with Crippen LogP contribution >= 0.6 is 0 Å². The van der Waals surface area contributed by atoms with E-state index >= 15 is 0 Å². The first-order valence-corrected chi connectivity index (χ1v) is 14.6. The van der Waals surface area contributed by atoms with Crippen LogP contribution in [0.4, 0.5) is 16.3 Å². The van der Waals surface area contributed by atoms with Crippen molar-refractivity contribution in [2.75, 3.05) is 55.0 Å². The van der Waals surface area contributed by atoms with E-state index < -0.39 is 15.9 Å². The monoisotopic (exact) mass is 513 g/mol. The second-order valence-electron chi connectivity index (χ2n) is 10.6. The van der Waals surface area contributed by atoms with E-state index in [1.165, 1.54) is 5.56 Å². The Hall–Kier alpha value is -2.65. The molecule has 2 amide bonds. The lowest BCUT2D eigenvalue weighted by Gasteiger charge is -2.51. The number of amides is 2. The predicted molar refractivity (Wildman–Crippen MR) is 145 cm³/mol. The Balaban J connectivity index is 1.50. The van der Waals surface area contributed by atoms with Gasteiger partial charge in [-0.25, -0.2) is 18.2 Å². The van der Waals surface area contributed by atoms with E-state index in [4.69, 9.17) is 5.73 Å². The highest BCUT2D eigenvalue weighted by Gasteiger charge is 2.45. The maximum Gasteiger partial charge on any atom is 0.319 e. The van der Waals surface area contributed by atoms with Crippen LogP contribution in [0.5, 0.6) is 0 Å². The number of primary amides is 1. The highest BCUT2D eigenvalue weighted by atomic mass is 32.2. The van der Waals surface area contributed by atoms with Gasteiger partial charge in [0, 0.05) is 25.2 Å². The molecule has 4 rings (SSSR count). The summed E-state index contributed by atoms with van der Waals surface area (Å²) in [6, 6.07) is 14.0. The van der Waals surface area contributed by atoms with Gasteiger partial charge in [0.15, 0.2) is 9.84 Å². The summed E-state index contributed by atoms with van der Waals surface area (Å²) >= 11 is 0. The van der Waals surface area contributed by atoms with Gasteiger partial charge in [0.05, 0.1) is 23.4 Å². The van der Waals surface area contributed by atoms with E-state index in [-0.39, 0.29) is 22.5 Å². The molecule has 1 aromatic carbocycles. The third-order valence-electron chi connectivity index (χ3n) is 8.53. The average molecular weight is 514 g/mol. The van der Waals surface area contributed by atoms with Crippen molar-refractivity contribution in [3.8, 4) is 0 Å². The summed E-state index contributed by atoms with van der Waals surface area (Å²) in [5, 5.41) is 0. The van der Waals surface area contributed by atoms with Crippen LogP contribution in [0, 0.1) is 5.41 Å². The van der Waals surface area contributed by atoms with E-state index in [9.17, 15) is 13.2 Å². The molecule has 2 aliphatic rings. The van der Waals surface area contributed by atoms with Crippen molar-refractivity contribution in [3.05, 3.63) is 54.2 Å². The number of sulfone groups is 1. The second-order valence-corrected chi connectivity index (χ2v) is 12.9. The van der Waals surface area contributed by atoms with E-state index in [0.29, 0.717) is 25.3 Å². The summed E-state index contributed by atoms with van der Waals surface area (Å²) in [5.74, 6) is 1.00. The molecule has 1 aliphatic carbocycles. The Labute approximate surface area is 215 Å². The van der Waals surface area contributed by atoms with E-state index in [2.05, 4.69) is 61.2 Å². The Bertz CT molecular complexity index is 1130. The highest BCUT2D eigenvalue weighted by Crippen LogP contribution is 2.50. The van der Waals surface area contributed by atoms with Gasteiger partial charge < -0.3 is 10.6 Å². The number of hydrogen-bond acceptors (Lipinski definition) is 6. The minimum atomic E-state index is -2.96. The van der Waals surface area contributed by atoms with Gasteiger partial charge in [0.2, 0.25) is 0 Å². The van der Waals surface area contributed by atoms with Crippen LogP contribution in [-0.4, -0.2) is 69.6 Å². The average Bonchev–Trinajstić information content (AvgIpc) is 2.88. The van der Waals surface area contributed by atoms with Crippen LogP contribution in [-0.2, 0) is 15.4 Å². The van der Waals surface area contributed by atoms with Gasteiger partial charge in [0.25, 0.3) is 0 Å². The zero-order valence-corrected chi connectivity index (χ0v) is 22.5. The van der Waals surface area contributed by atoms with Crippen molar-refractivity contribution in [2.24, 2.45) is 11.1 Å². The van der Waals surface area contributed by atoms with Crippen LogP contribution in [0.2, 0.25) is 0 Å². The Morgan fingerprint density at radius 1 is 1.03 bits per heavy atom. The smallest absolute Gasteiger partial charge is 0.319 e. The second kappa shape index (κ2) is 10.4. The molecular formula is C27H39N5O3S. The molecule has 9 heteroatoms. The number of pyridine rings is 1. The van der Waals surface area contributed by atoms with Crippen LogP contribution in [0.3, 0.4) is 0 Å². The molecule has 0 radical (unpaired) electrons. The maximum atomic E-state index is 12.6. The summed E-state index contributed by atoms with van der Waals surface area (Å²) in [6.07, 6.45) is 6.66. The number of nitrogens with zero attached hydrogens (tertiary/aromatic N) is 4. The molecule has 2 heterocycles. The summed E-state index contributed by atoms with van der Waals surface area (Å²) in [5.41, 5.74) is 7.86. The predicted octanol–water partition coefficient (Wildman–Crippen LogP) is 3.63. The maximum absolute atomic E-state index is 12.6. The third-order valence-corrected chi connectivity index (χ3v) is 10.1. The molecule has 0 bridgehead atoms.